The van der Waals surface area contributed by atoms with Gasteiger partial charge in [0.25, 0.3) is 0 Å². The fourth-order valence-electron chi connectivity index (χ4n) is 2.44. The zero-order valence-corrected chi connectivity index (χ0v) is 10.4. The molecule has 1 aromatic heterocycles. The first-order valence-corrected chi connectivity index (χ1v) is 6.36. The van der Waals surface area contributed by atoms with Gasteiger partial charge in [-0.25, -0.2) is 4.98 Å². The maximum Gasteiger partial charge on any atom is 0.223 e. The van der Waals surface area contributed by atoms with Crippen LogP contribution in [0.5, 0.6) is 0 Å². The number of anilines is 1. The van der Waals surface area contributed by atoms with Gasteiger partial charge in [0.15, 0.2) is 0 Å². The van der Waals surface area contributed by atoms with Crippen molar-refractivity contribution >= 4 is 5.95 Å². The fourth-order valence-corrected chi connectivity index (χ4v) is 2.44. The van der Waals surface area contributed by atoms with Crippen molar-refractivity contribution in [3.8, 4) is 0 Å². The molecule has 0 saturated heterocycles. The lowest BCUT2D eigenvalue weighted by Gasteiger charge is -2.28. The Hall–Kier alpha value is -1.97. The van der Waals surface area contributed by atoms with Gasteiger partial charge in [0.05, 0.1) is 0 Å². The Bertz CT molecular complexity index is 580. The summed E-state index contributed by atoms with van der Waals surface area (Å²) in [6.07, 6.45) is 2.88. The van der Waals surface area contributed by atoms with Crippen LogP contribution in [0.15, 0.2) is 24.3 Å². The number of nitrogens with zero attached hydrogens (tertiary/aromatic N) is 3. The number of aromatic nitrogens is 3. The van der Waals surface area contributed by atoms with Crippen molar-refractivity contribution in [2.75, 3.05) is 5.73 Å². The summed E-state index contributed by atoms with van der Waals surface area (Å²) >= 11 is 0. The number of fused-ring (bicyclic) bond motifs is 1. The summed E-state index contributed by atoms with van der Waals surface area (Å²) < 4.78 is 0. The standard InChI is InChI=1S/C14H16N4/c1-2-5-12-16-13(18-14(15)17-12)11-8-9-6-3-4-7-10(9)11/h3-4,6-7,11H,2,5,8H2,1H3,(H2,15,16,17,18). The molecule has 0 amide bonds. The molecule has 0 aliphatic heterocycles. The van der Waals surface area contributed by atoms with Crippen LogP contribution in [0.4, 0.5) is 5.95 Å². The van der Waals surface area contributed by atoms with Gasteiger partial charge in [-0.2, -0.15) is 9.97 Å². The molecule has 92 valence electrons. The lowest BCUT2D eigenvalue weighted by atomic mass is 9.77. The van der Waals surface area contributed by atoms with Gasteiger partial charge in [-0.3, -0.25) is 0 Å². The Labute approximate surface area is 106 Å². The first-order valence-electron chi connectivity index (χ1n) is 6.36. The van der Waals surface area contributed by atoms with Crippen LogP contribution in [-0.2, 0) is 12.8 Å². The van der Waals surface area contributed by atoms with E-state index >= 15 is 0 Å². The predicted octanol–water partition coefficient (Wildman–Crippen LogP) is 2.09. The lowest BCUT2D eigenvalue weighted by Crippen LogP contribution is -2.22. The third-order valence-electron chi connectivity index (χ3n) is 3.36. The molecule has 1 atom stereocenters. The average Bonchev–Trinajstić information content (AvgIpc) is 2.30. The first-order chi connectivity index (χ1) is 8.78. The molecule has 3 rings (SSSR count). The molecule has 0 fully saturated rings. The van der Waals surface area contributed by atoms with Gasteiger partial charge in [0.1, 0.15) is 11.6 Å². The largest absolute Gasteiger partial charge is 0.368 e. The quantitative estimate of drug-likeness (QED) is 0.892. The molecule has 1 heterocycles. The van der Waals surface area contributed by atoms with Crippen LogP contribution in [0.1, 0.15) is 42.0 Å². The van der Waals surface area contributed by atoms with Gasteiger partial charge in [-0.1, -0.05) is 31.2 Å². The van der Waals surface area contributed by atoms with Crippen LogP contribution in [0.25, 0.3) is 0 Å². The Morgan fingerprint density at radius 3 is 2.83 bits per heavy atom. The molecule has 1 aliphatic carbocycles. The van der Waals surface area contributed by atoms with E-state index in [9.17, 15) is 0 Å². The highest BCUT2D eigenvalue weighted by atomic mass is 15.1. The van der Waals surface area contributed by atoms with Crippen LogP contribution in [0.3, 0.4) is 0 Å². The highest BCUT2D eigenvalue weighted by Crippen LogP contribution is 2.38. The molecular formula is C14H16N4. The van der Waals surface area contributed by atoms with Crippen molar-refractivity contribution in [2.45, 2.75) is 32.1 Å². The van der Waals surface area contributed by atoms with E-state index < -0.39 is 0 Å². The molecule has 2 N–H and O–H groups in total. The van der Waals surface area contributed by atoms with Gasteiger partial charge >= 0.3 is 0 Å². The van der Waals surface area contributed by atoms with Crippen molar-refractivity contribution in [1.29, 1.82) is 0 Å². The summed E-state index contributed by atoms with van der Waals surface area (Å²) in [5, 5.41) is 0. The van der Waals surface area contributed by atoms with Crippen molar-refractivity contribution in [2.24, 2.45) is 0 Å². The molecule has 4 nitrogen and oxygen atoms in total. The SMILES string of the molecule is CCCc1nc(N)nc(C2Cc3ccccc32)n1. The maximum atomic E-state index is 5.76. The Kier molecular flexibility index (Phi) is 2.70. The van der Waals surface area contributed by atoms with Crippen LogP contribution in [0.2, 0.25) is 0 Å². The normalized spacial score (nSPS) is 17.1. The molecule has 1 unspecified atom stereocenters. The molecular weight excluding hydrogens is 224 g/mol. The second kappa shape index (κ2) is 4.37. The van der Waals surface area contributed by atoms with E-state index in [2.05, 4.69) is 46.1 Å². The van der Waals surface area contributed by atoms with E-state index in [4.69, 9.17) is 5.73 Å². The predicted molar refractivity (Wildman–Crippen MR) is 70.2 cm³/mol. The van der Waals surface area contributed by atoms with E-state index in [1.54, 1.807) is 0 Å². The summed E-state index contributed by atoms with van der Waals surface area (Å²) in [5.41, 5.74) is 8.48. The van der Waals surface area contributed by atoms with E-state index in [1.807, 2.05) is 0 Å². The number of hydrogen-bond donors (Lipinski definition) is 1. The van der Waals surface area contributed by atoms with Crippen LogP contribution >= 0.6 is 0 Å². The molecule has 1 aliphatic rings. The monoisotopic (exact) mass is 240 g/mol. The third-order valence-corrected chi connectivity index (χ3v) is 3.36. The molecule has 0 radical (unpaired) electrons. The van der Waals surface area contributed by atoms with Gasteiger partial charge < -0.3 is 5.73 Å². The molecule has 18 heavy (non-hydrogen) atoms. The summed E-state index contributed by atoms with van der Waals surface area (Å²) in [5.74, 6) is 2.27. The van der Waals surface area contributed by atoms with Gasteiger partial charge in [0.2, 0.25) is 5.95 Å². The number of benzene rings is 1. The topological polar surface area (TPSA) is 64.7 Å². The number of nitrogen functional groups attached to an aromatic ring is 1. The Morgan fingerprint density at radius 1 is 1.22 bits per heavy atom. The average molecular weight is 240 g/mol. The van der Waals surface area contributed by atoms with Gasteiger partial charge in [0, 0.05) is 12.3 Å². The van der Waals surface area contributed by atoms with Crippen molar-refractivity contribution in [3.63, 3.8) is 0 Å². The van der Waals surface area contributed by atoms with Crippen LogP contribution in [0, 0.1) is 0 Å². The smallest absolute Gasteiger partial charge is 0.223 e. The zero-order valence-electron chi connectivity index (χ0n) is 10.4. The fraction of sp³-hybridized carbons (Fsp3) is 0.357. The molecule has 0 saturated carbocycles. The minimum absolute atomic E-state index is 0.294. The third kappa shape index (κ3) is 1.83. The van der Waals surface area contributed by atoms with Crippen LogP contribution < -0.4 is 5.73 Å². The highest BCUT2D eigenvalue weighted by Gasteiger charge is 2.29. The second-order valence-corrected chi connectivity index (χ2v) is 4.67. The van der Waals surface area contributed by atoms with E-state index in [0.717, 1.165) is 30.9 Å². The first kappa shape index (κ1) is 11.1. The highest BCUT2D eigenvalue weighted by molar-refractivity contribution is 5.44. The number of rotatable bonds is 3. The molecule has 2 aromatic rings. The van der Waals surface area contributed by atoms with E-state index in [-0.39, 0.29) is 0 Å². The Morgan fingerprint density at radius 2 is 2.06 bits per heavy atom. The van der Waals surface area contributed by atoms with Crippen molar-refractivity contribution < 1.29 is 0 Å². The Balaban J connectivity index is 1.95. The summed E-state index contributed by atoms with van der Waals surface area (Å²) in [6, 6.07) is 8.42. The minimum atomic E-state index is 0.294. The molecule has 0 bridgehead atoms. The summed E-state index contributed by atoms with van der Waals surface area (Å²) in [6.45, 7) is 2.11. The maximum absolute atomic E-state index is 5.76. The lowest BCUT2D eigenvalue weighted by molar-refractivity contribution is 0.643. The van der Waals surface area contributed by atoms with E-state index in [0.29, 0.717) is 11.9 Å². The molecule has 1 aromatic carbocycles. The number of aryl methyl sites for hydroxylation is 1. The molecule has 4 heteroatoms. The number of nitrogens with two attached hydrogens (primary N) is 1. The van der Waals surface area contributed by atoms with Gasteiger partial charge in [-0.15, -0.1) is 0 Å². The zero-order chi connectivity index (χ0) is 12.5. The van der Waals surface area contributed by atoms with Crippen molar-refractivity contribution in [3.05, 3.63) is 47.0 Å². The van der Waals surface area contributed by atoms with E-state index in [1.165, 1.54) is 11.1 Å². The summed E-state index contributed by atoms with van der Waals surface area (Å²) in [4.78, 5) is 13.0. The van der Waals surface area contributed by atoms with Gasteiger partial charge in [-0.05, 0) is 24.0 Å². The summed E-state index contributed by atoms with van der Waals surface area (Å²) in [7, 11) is 0. The minimum Gasteiger partial charge on any atom is -0.368 e. The second-order valence-electron chi connectivity index (χ2n) is 4.67. The number of hydrogen-bond acceptors (Lipinski definition) is 4. The van der Waals surface area contributed by atoms with Crippen LogP contribution in [-0.4, -0.2) is 15.0 Å². The van der Waals surface area contributed by atoms with Crippen molar-refractivity contribution in [1.82, 2.24) is 15.0 Å². The molecule has 0 spiro atoms.